The molecule has 0 saturated heterocycles. The Balaban J connectivity index is 1.56. The number of thiophene rings is 1. The van der Waals surface area contributed by atoms with Gasteiger partial charge in [-0.1, -0.05) is 30.3 Å². The van der Waals surface area contributed by atoms with Crippen molar-refractivity contribution in [1.82, 2.24) is 24.3 Å². The predicted molar refractivity (Wildman–Crippen MR) is 103 cm³/mol. The first-order chi connectivity index (χ1) is 12.6. The van der Waals surface area contributed by atoms with Crippen LogP contribution in [0, 0.1) is 13.8 Å². The Morgan fingerprint density at radius 2 is 1.92 bits per heavy atom. The fourth-order valence-corrected chi connectivity index (χ4v) is 4.02. The first-order valence-electron chi connectivity index (χ1n) is 8.54. The van der Waals surface area contributed by atoms with E-state index in [1.54, 1.807) is 22.2 Å². The first-order valence-corrected chi connectivity index (χ1v) is 9.36. The monoisotopic (exact) mass is 365 g/mol. The second-order valence-electron chi connectivity index (χ2n) is 6.22. The minimum absolute atomic E-state index is 0.0138. The molecule has 0 aliphatic rings. The van der Waals surface area contributed by atoms with Crippen LogP contribution < -0.4 is 5.56 Å². The summed E-state index contributed by atoms with van der Waals surface area (Å²) in [7, 11) is 0. The molecule has 0 aliphatic heterocycles. The summed E-state index contributed by atoms with van der Waals surface area (Å²) < 4.78 is 3.56. The number of fused-ring (bicyclic) bond motifs is 1. The SMILES string of the molecule is Cc1nc(C)n(CCCn2cnc3sc(-c4ccccc4)cc3c2=O)n1. The topological polar surface area (TPSA) is 65.6 Å². The van der Waals surface area contributed by atoms with Crippen LogP contribution in [0.15, 0.2) is 47.5 Å². The van der Waals surface area contributed by atoms with E-state index in [-0.39, 0.29) is 5.56 Å². The molecule has 4 rings (SSSR count). The van der Waals surface area contributed by atoms with Gasteiger partial charge in [-0.25, -0.2) is 9.97 Å². The Morgan fingerprint density at radius 1 is 1.12 bits per heavy atom. The third kappa shape index (κ3) is 3.17. The van der Waals surface area contributed by atoms with Gasteiger partial charge in [0.1, 0.15) is 16.5 Å². The lowest BCUT2D eigenvalue weighted by molar-refractivity contribution is 0.507. The fourth-order valence-electron chi connectivity index (χ4n) is 3.03. The van der Waals surface area contributed by atoms with Crippen molar-refractivity contribution < 1.29 is 0 Å². The van der Waals surface area contributed by atoms with Crippen LogP contribution in [0.25, 0.3) is 20.7 Å². The minimum Gasteiger partial charge on any atom is -0.299 e. The highest BCUT2D eigenvalue weighted by atomic mass is 32.1. The third-order valence-electron chi connectivity index (χ3n) is 4.31. The number of hydrogen-bond acceptors (Lipinski definition) is 5. The standard InChI is InChI=1S/C19H19N5OS/c1-13-21-14(2)24(22-13)10-6-9-23-12-20-18-16(19(23)25)11-17(26-18)15-7-4-3-5-8-15/h3-5,7-8,11-12H,6,9-10H2,1-2H3. The molecule has 0 atom stereocenters. The van der Waals surface area contributed by atoms with E-state index in [9.17, 15) is 4.79 Å². The zero-order valence-corrected chi connectivity index (χ0v) is 15.5. The Hall–Kier alpha value is -2.80. The van der Waals surface area contributed by atoms with Crippen molar-refractivity contribution in [3.8, 4) is 10.4 Å². The van der Waals surface area contributed by atoms with Crippen molar-refractivity contribution in [2.24, 2.45) is 0 Å². The lowest BCUT2D eigenvalue weighted by Gasteiger charge is -2.06. The minimum atomic E-state index is 0.0138. The van der Waals surface area contributed by atoms with E-state index < -0.39 is 0 Å². The molecule has 3 aromatic heterocycles. The van der Waals surface area contributed by atoms with Gasteiger partial charge >= 0.3 is 0 Å². The summed E-state index contributed by atoms with van der Waals surface area (Å²) in [5.41, 5.74) is 1.12. The van der Waals surface area contributed by atoms with Gasteiger partial charge in [-0.3, -0.25) is 14.0 Å². The summed E-state index contributed by atoms with van der Waals surface area (Å²) in [5, 5.41) is 5.04. The van der Waals surface area contributed by atoms with Crippen LogP contribution >= 0.6 is 11.3 Å². The Morgan fingerprint density at radius 3 is 2.65 bits per heavy atom. The Bertz CT molecular complexity index is 1110. The summed E-state index contributed by atoms with van der Waals surface area (Å²) >= 11 is 1.55. The molecule has 0 unspecified atom stereocenters. The van der Waals surface area contributed by atoms with E-state index >= 15 is 0 Å². The van der Waals surface area contributed by atoms with Gasteiger partial charge < -0.3 is 0 Å². The van der Waals surface area contributed by atoms with E-state index in [1.165, 1.54) is 0 Å². The molecule has 0 radical (unpaired) electrons. The van der Waals surface area contributed by atoms with Gasteiger partial charge in [0.15, 0.2) is 0 Å². The number of hydrogen-bond donors (Lipinski definition) is 0. The molecular formula is C19H19N5OS. The van der Waals surface area contributed by atoms with E-state index in [1.807, 2.05) is 54.9 Å². The quantitative estimate of drug-likeness (QED) is 0.543. The highest BCUT2D eigenvalue weighted by Gasteiger charge is 2.10. The molecule has 132 valence electrons. The number of rotatable bonds is 5. The molecule has 0 bridgehead atoms. The second-order valence-corrected chi connectivity index (χ2v) is 7.25. The van der Waals surface area contributed by atoms with Gasteiger partial charge in [0, 0.05) is 18.0 Å². The largest absolute Gasteiger partial charge is 0.299 e. The highest BCUT2D eigenvalue weighted by Crippen LogP contribution is 2.30. The number of benzene rings is 1. The summed E-state index contributed by atoms with van der Waals surface area (Å²) in [4.78, 5) is 23.4. The maximum absolute atomic E-state index is 12.8. The van der Waals surface area contributed by atoms with Crippen LogP contribution in [0.1, 0.15) is 18.1 Å². The van der Waals surface area contributed by atoms with Crippen molar-refractivity contribution in [3.63, 3.8) is 0 Å². The van der Waals surface area contributed by atoms with Crippen LogP contribution in [0.2, 0.25) is 0 Å². The van der Waals surface area contributed by atoms with Crippen LogP contribution in [-0.2, 0) is 13.1 Å². The van der Waals surface area contributed by atoms with E-state index in [2.05, 4.69) is 15.1 Å². The molecular weight excluding hydrogens is 346 g/mol. The lowest BCUT2D eigenvalue weighted by Crippen LogP contribution is -2.21. The van der Waals surface area contributed by atoms with E-state index in [0.29, 0.717) is 11.9 Å². The van der Waals surface area contributed by atoms with Crippen molar-refractivity contribution in [3.05, 3.63) is 64.7 Å². The third-order valence-corrected chi connectivity index (χ3v) is 5.40. The molecule has 0 saturated carbocycles. The second kappa shape index (κ2) is 6.84. The zero-order valence-electron chi connectivity index (χ0n) is 14.7. The molecule has 0 N–H and O–H groups in total. The summed E-state index contributed by atoms with van der Waals surface area (Å²) in [6, 6.07) is 12.0. The molecule has 26 heavy (non-hydrogen) atoms. The zero-order chi connectivity index (χ0) is 18.1. The maximum Gasteiger partial charge on any atom is 0.262 e. The van der Waals surface area contributed by atoms with Gasteiger partial charge in [0.05, 0.1) is 11.7 Å². The van der Waals surface area contributed by atoms with Crippen molar-refractivity contribution in [1.29, 1.82) is 0 Å². The summed E-state index contributed by atoms with van der Waals surface area (Å²) in [5.74, 6) is 1.67. The van der Waals surface area contributed by atoms with Gasteiger partial charge in [-0.15, -0.1) is 11.3 Å². The lowest BCUT2D eigenvalue weighted by atomic mass is 10.2. The molecule has 0 aliphatic carbocycles. The molecule has 0 amide bonds. The molecule has 1 aromatic carbocycles. The molecule has 0 fully saturated rings. The average Bonchev–Trinajstić information content (AvgIpc) is 3.21. The molecule has 3 heterocycles. The Labute approximate surface area is 154 Å². The smallest absolute Gasteiger partial charge is 0.262 e. The first kappa shape index (κ1) is 16.7. The van der Waals surface area contributed by atoms with Crippen molar-refractivity contribution in [2.75, 3.05) is 0 Å². The van der Waals surface area contributed by atoms with Gasteiger partial charge in [-0.05, 0) is 31.9 Å². The maximum atomic E-state index is 12.8. The van der Waals surface area contributed by atoms with Crippen molar-refractivity contribution in [2.45, 2.75) is 33.4 Å². The number of aromatic nitrogens is 5. The van der Waals surface area contributed by atoms with Gasteiger partial charge in [0.2, 0.25) is 0 Å². The van der Waals surface area contributed by atoms with Crippen LogP contribution in [-0.4, -0.2) is 24.3 Å². The summed E-state index contributed by atoms with van der Waals surface area (Å²) in [6.07, 6.45) is 2.45. The van der Waals surface area contributed by atoms with Crippen LogP contribution in [0.3, 0.4) is 0 Å². The van der Waals surface area contributed by atoms with Gasteiger partial charge in [-0.2, -0.15) is 5.10 Å². The Kier molecular flexibility index (Phi) is 4.38. The fraction of sp³-hybridized carbons (Fsp3) is 0.263. The van der Waals surface area contributed by atoms with Crippen LogP contribution in [0.5, 0.6) is 0 Å². The van der Waals surface area contributed by atoms with Crippen molar-refractivity contribution >= 4 is 21.6 Å². The molecule has 7 heteroatoms. The van der Waals surface area contributed by atoms with E-state index in [0.717, 1.165) is 39.9 Å². The molecule has 4 aromatic rings. The van der Waals surface area contributed by atoms with Gasteiger partial charge in [0.25, 0.3) is 5.56 Å². The highest BCUT2D eigenvalue weighted by molar-refractivity contribution is 7.21. The number of aryl methyl sites for hydroxylation is 4. The predicted octanol–water partition coefficient (Wildman–Crippen LogP) is 3.42. The molecule has 6 nitrogen and oxygen atoms in total. The van der Waals surface area contributed by atoms with Crippen LogP contribution in [0.4, 0.5) is 0 Å². The summed E-state index contributed by atoms with van der Waals surface area (Å²) in [6.45, 7) is 5.16. The normalized spacial score (nSPS) is 11.3. The van der Waals surface area contributed by atoms with E-state index in [4.69, 9.17) is 0 Å². The average molecular weight is 365 g/mol. The molecule has 0 spiro atoms. The number of nitrogens with zero attached hydrogens (tertiary/aromatic N) is 5.